The third-order valence-electron chi connectivity index (χ3n) is 6.43. The van der Waals surface area contributed by atoms with Crippen molar-refractivity contribution >= 4 is 11.9 Å². The van der Waals surface area contributed by atoms with Crippen LogP contribution in [0, 0.1) is 11.8 Å². The molecule has 2 aromatic carbocycles. The predicted molar refractivity (Wildman–Crippen MR) is 100 cm³/mol. The monoisotopic (exact) mass is 376 g/mol. The summed E-state index contributed by atoms with van der Waals surface area (Å²) in [6.07, 6.45) is -0.208. The van der Waals surface area contributed by atoms with E-state index in [1.165, 1.54) is 14.2 Å². The van der Waals surface area contributed by atoms with E-state index in [1.54, 1.807) is 0 Å². The van der Waals surface area contributed by atoms with Gasteiger partial charge in [-0.3, -0.25) is 0 Å². The van der Waals surface area contributed by atoms with Gasteiger partial charge in [0, 0.05) is 17.3 Å². The van der Waals surface area contributed by atoms with Gasteiger partial charge < -0.3 is 14.2 Å². The molecule has 0 unspecified atom stereocenters. The van der Waals surface area contributed by atoms with Crippen LogP contribution in [-0.2, 0) is 29.2 Å². The molecule has 0 radical (unpaired) electrons. The summed E-state index contributed by atoms with van der Waals surface area (Å²) in [5.74, 6) is -1.57. The van der Waals surface area contributed by atoms with Crippen molar-refractivity contribution in [3.05, 3.63) is 82.9 Å². The van der Waals surface area contributed by atoms with Crippen molar-refractivity contribution < 1.29 is 23.8 Å². The van der Waals surface area contributed by atoms with Crippen molar-refractivity contribution in [2.24, 2.45) is 11.8 Å². The van der Waals surface area contributed by atoms with Crippen LogP contribution in [0.25, 0.3) is 0 Å². The van der Waals surface area contributed by atoms with Crippen LogP contribution in [0.1, 0.15) is 11.1 Å². The van der Waals surface area contributed by atoms with Gasteiger partial charge in [0.05, 0.1) is 37.6 Å². The predicted octanol–water partition coefficient (Wildman–Crippen LogP) is 2.64. The summed E-state index contributed by atoms with van der Waals surface area (Å²) in [7, 11) is 2.68. The number of hydrogen-bond acceptors (Lipinski definition) is 5. The van der Waals surface area contributed by atoms with Crippen molar-refractivity contribution in [1.29, 1.82) is 0 Å². The summed E-state index contributed by atoms with van der Waals surface area (Å²) >= 11 is 0. The van der Waals surface area contributed by atoms with Crippen LogP contribution in [0.4, 0.5) is 0 Å². The molecule has 5 heteroatoms. The number of carbonyl (C=O) groups excluding carboxylic acids is 2. The molecular formula is C23H20O5. The Labute approximate surface area is 162 Å². The molecule has 4 atom stereocenters. The Hall–Kier alpha value is -2.92. The maximum Gasteiger partial charge on any atom is 0.334 e. The number of rotatable bonds is 4. The zero-order chi connectivity index (χ0) is 19.5. The fraction of sp³-hybridized carbons (Fsp3) is 0.304. The van der Waals surface area contributed by atoms with E-state index in [4.69, 9.17) is 14.2 Å². The van der Waals surface area contributed by atoms with Gasteiger partial charge in [-0.25, -0.2) is 9.59 Å². The molecule has 0 aromatic heterocycles. The summed E-state index contributed by atoms with van der Waals surface area (Å²) in [6.45, 7) is 0. The smallest absolute Gasteiger partial charge is 0.334 e. The van der Waals surface area contributed by atoms with Crippen LogP contribution in [0.3, 0.4) is 0 Å². The summed E-state index contributed by atoms with van der Waals surface area (Å²) in [4.78, 5) is 25.6. The first kappa shape index (κ1) is 17.2. The topological polar surface area (TPSA) is 65.1 Å². The van der Waals surface area contributed by atoms with Crippen molar-refractivity contribution in [2.45, 2.75) is 17.6 Å². The van der Waals surface area contributed by atoms with Gasteiger partial charge in [-0.2, -0.15) is 0 Å². The van der Waals surface area contributed by atoms with Gasteiger partial charge in [0.25, 0.3) is 0 Å². The van der Waals surface area contributed by atoms with Crippen molar-refractivity contribution in [3.8, 4) is 0 Å². The number of ether oxygens (including phenoxy) is 3. The zero-order valence-electron chi connectivity index (χ0n) is 15.6. The molecule has 5 rings (SSSR count). The highest BCUT2D eigenvalue weighted by Crippen LogP contribution is 2.70. The van der Waals surface area contributed by atoms with Gasteiger partial charge in [0.1, 0.15) is 0 Å². The summed E-state index contributed by atoms with van der Waals surface area (Å²) in [5.41, 5.74) is 2.35. The highest BCUT2D eigenvalue weighted by atomic mass is 16.6. The molecule has 142 valence electrons. The molecule has 1 saturated heterocycles. The van der Waals surface area contributed by atoms with Crippen molar-refractivity contribution in [3.63, 3.8) is 0 Å². The van der Waals surface area contributed by atoms with Crippen LogP contribution in [0.2, 0.25) is 0 Å². The Bertz CT molecular complexity index is 899. The zero-order valence-corrected chi connectivity index (χ0v) is 15.6. The molecule has 0 amide bonds. The molecule has 1 heterocycles. The molecule has 3 aliphatic rings. The average molecular weight is 376 g/mol. The second-order valence-electron chi connectivity index (χ2n) is 7.43. The molecule has 2 bridgehead atoms. The minimum atomic E-state index is -0.566. The highest BCUT2D eigenvalue weighted by molar-refractivity contribution is 6.04. The Kier molecular flexibility index (Phi) is 3.71. The minimum absolute atomic E-state index is 0.104. The fourth-order valence-electron chi connectivity index (χ4n) is 5.51. The minimum Gasteiger partial charge on any atom is -0.466 e. The lowest BCUT2D eigenvalue weighted by molar-refractivity contribution is -0.139. The van der Waals surface area contributed by atoms with Gasteiger partial charge in [-0.15, -0.1) is 0 Å². The molecule has 28 heavy (non-hydrogen) atoms. The maximum absolute atomic E-state index is 12.8. The number of esters is 2. The molecule has 0 N–H and O–H groups in total. The highest BCUT2D eigenvalue weighted by Gasteiger charge is 2.77. The first-order valence-electron chi connectivity index (χ1n) is 9.33. The number of methoxy groups -OCH3 is 2. The molecule has 2 aliphatic carbocycles. The molecule has 0 spiro atoms. The van der Waals surface area contributed by atoms with E-state index < -0.39 is 17.4 Å². The lowest BCUT2D eigenvalue weighted by Gasteiger charge is -2.38. The molecule has 5 nitrogen and oxygen atoms in total. The first-order valence-corrected chi connectivity index (χ1v) is 9.33. The second-order valence-corrected chi connectivity index (χ2v) is 7.43. The van der Waals surface area contributed by atoms with E-state index in [0.29, 0.717) is 11.1 Å². The Morgan fingerprint density at radius 2 is 1.14 bits per heavy atom. The Morgan fingerprint density at radius 1 is 0.750 bits per heavy atom. The molecule has 1 saturated carbocycles. The molecule has 2 aromatic rings. The van der Waals surface area contributed by atoms with Crippen LogP contribution in [0.5, 0.6) is 0 Å². The second kappa shape index (κ2) is 6.04. The molecular weight excluding hydrogens is 356 g/mol. The Balaban J connectivity index is 1.82. The SMILES string of the molecule is COC(=O)C1=C(C(=O)OC)[C@@H]2[C@H]3O[C@H]3[C@@H]1C2(c1ccccc1)c1ccccc1. The van der Waals surface area contributed by atoms with E-state index >= 15 is 0 Å². The normalized spacial score (nSPS) is 28.6. The Morgan fingerprint density at radius 3 is 1.50 bits per heavy atom. The van der Waals surface area contributed by atoms with E-state index in [-0.39, 0.29) is 24.0 Å². The van der Waals surface area contributed by atoms with Gasteiger partial charge >= 0.3 is 11.9 Å². The summed E-state index contributed by atoms with van der Waals surface area (Å²) < 4.78 is 16.1. The quantitative estimate of drug-likeness (QED) is 0.606. The van der Waals surface area contributed by atoms with Crippen LogP contribution in [0.15, 0.2) is 71.8 Å². The number of carbonyl (C=O) groups is 2. The number of benzene rings is 2. The molecule has 1 aliphatic heterocycles. The third-order valence-corrected chi connectivity index (χ3v) is 6.43. The van der Waals surface area contributed by atoms with Crippen LogP contribution >= 0.6 is 0 Å². The third kappa shape index (κ3) is 2.00. The van der Waals surface area contributed by atoms with Crippen molar-refractivity contribution in [1.82, 2.24) is 0 Å². The van der Waals surface area contributed by atoms with E-state index in [1.807, 2.05) is 36.4 Å². The van der Waals surface area contributed by atoms with Gasteiger partial charge in [0.15, 0.2) is 0 Å². The van der Waals surface area contributed by atoms with E-state index in [0.717, 1.165) is 11.1 Å². The fourth-order valence-corrected chi connectivity index (χ4v) is 5.51. The number of hydrogen-bond donors (Lipinski definition) is 0. The lowest BCUT2D eigenvalue weighted by Crippen LogP contribution is -2.40. The maximum atomic E-state index is 12.8. The standard InChI is InChI=1S/C23H20O5/c1-26-21(24)15-16(22(25)27-2)18-20-19(28-20)17(15)23(18,13-9-5-3-6-10-13)14-11-7-4-8-12-14/h3-12,17-20H,1-2H3/t17-,18-,19-,20+/m1/s1. The van der Waals surface area contributed by atoms with E-state index in [2.05, 4.69) is 24.3 Å². The van der Waals surface area contributed by atoms with Gasteiger partial charge in [-0.1, -0.05) is 60.7 Å². The summed E-state index contributed by atoms with van der Waals surface area (Å²) in [6, 6.07) is 20.1. The average Bonchev–Trinajstić information content (AvgIpc) is 3.43. The number of epoxide rings is 1. The number of fused-ring (bicyclic) bond motifs is 5. The van der Waals surface area contributed by atoms with Crippen LogP contribution in [-0.4, -0.2) is 38.4 Å². The largest absolute Gasteiger partial charge is 0.466 e. The summed E-state index contributed by atoms with van der Waals surface area (Å²) in [5, 5.41) is 0. The lowest BCUT2D eigenvalue weighted by atomic mass is 9.64. The van der Waals surface area contributed by atoms with E-state index in [9.17, 15) is 9.59 Å². The van der Waals surface area contributed by atoms with Crippen LogP contribution < -0.4 is 0 Å². The van der Waals surface area contributed by atoms with Gasteiger partial charge in [-0.05, 0) is 11.1 Å². The van der Waals surface area contributed by atoms with Crippen molar-refractivity contribution in [2.75, 3.05) is 14.2 Å². The molecule has 2 fully saturated rings. The van der Waals surface area contributed by atoms with Gasteiger partial charge in [0.2, 0.25) is 0 Å². The first-order chi connectivity index (χ1) is 13.7.